The molecular weight excluding hydrogens is 331 g/mol. The van der Waals surface area contributed by atoms with Gasteiger partial charge in [0.05, 0.1) is 5.92 Å². The van der Waals surface area contributed by atoms with Gasteiger partial charge >= 0.3 is 6.18 Å². The maximum Gasteiger partial charge on any atom is 0.391 e. The highest BCUT2D eigenvalue weighted by atomic mass is 79.9. The Morgan fingerprint density at radius 1 is 1.20 bits per heavy atom. The lowest BCUT2D eigenvalue weighted by atomic mass is 9.85. The highest BCUT2D eigenvalue weighted by Gasteiger charge is 2.41. The van der Waals surface area contributed by atoms with Crippen LogP contribution < -0.4 is 5.32 Å². The molecule has 5 heteroatoms. The van der Waals surface area contributed by atoms with E-state index in [0.29, 0.717) is 12.8 Å². The minimum Gasteiger partial charge on any atom is -0.310 e. The fourth-order valence-electron chi connectivity index (χ4n) is 2.70. The molecule has 20 heavy (non-hydrogen) atoms. The zero-order chi connectivity index (χ0) is 14.8. The van der Waals surface area contributed by atoms with Crippen LogP contribution in [0, 0.1) is 12.8 Å². The molecule has 0 unspecified atom stereocenters. The molecule has 0 heterocycles. The molecule has 1 aliphatic rings. The van der Waals surface area contributed by atoms with Crippen LogP contribution in [0.1, 0.15) is 36.8 Å². The van der Waals surface area contributed by atoms with Crippen molar-refractivity contribution in [2.24, 2.45) is 5.92 Å². The van der Waals surface area contributed by atoms with Crippen LogP contribution in [0.15, 0.2) is 22.7 Å². The first-order valence-corrected chi connectivity index (χ1v) is 7.70. The second-order valence-electron chi connectivity index (χ2n) is 5.55. The molecular formula is C15H19BrF3N. The first-order valence-electron chi connectivity index (χ1n) is 6.91. The third-order valence-electron chi connectivity index (χ3n) is 4.01. The summed E-state index contributed by atoms with van der Waals surface area (Å²) in [6.07, 6.45) is -2.30. The molecule has 1 nitrogen and oxygen atoms in total. The third-order valence-corrected chi connectivity index (χ3v) is 4.90. The zero-order valence-electron chi connectivity index (χ0n) is 11.4. The van der Waals surface area contributed by atoms with Crippen molar-refractivity contribution in [1.82, 2.24) is 5.32 Å². The molecule has 0 radical (unpaired) electrons. The normalized spacial score (nSPS) is 23.9. The Morgan fingerprint density at radius 2 is 1.85 bits per heavy atom. The van der Waals surface area contributed by atoms with E-state index >= 15 is 0 Å². The fraction of sp³-hybridized carbons (Fsp3) is 0.600. The summed E-state index contributed by atoms with van der Waals surface area (Å²) < 4.78 is 38.8. The van der Waals surface area contributed by atoms with Crippen LogP contribution in [0.4, 0.5) is 13.2 Å². The van der Waals surface area contributed by atoms with E-state index in [4.69, 9.17) is 0 Å². The van der Waals surface area contributed by atoms with Crippen molar-refractivity contribution in [3.63, 3.8) is 0 Å². The van der Waals surface area contributed by atoms with E-state index in [-0.39, 0.29) is 18.9 Å². The monoisotopic (exact) mass is 349 g/mol. The molecule has 1 saturated carbocycles. The molecule has 0 saturated heterocycles. The van der Waals surface area contributed by atoms with Gasteiger partial charge < -0.3 is 5.32 Å². The van der Waals surface area contributed by atoms with Crippen molar-refractivity contribution in [1.29, 1.82) is 0 Å². The predicted molar refractivity (Wildman–Crippen MR) is 77.5 cm³/mol. The van der Waals surface area contributed by atoms with Gasteiger partial charge in [-0.05, 0) is 49.8 Å². The van der Waals surface area contributed by atoms with Crippen molar-refractivity contribution < 1.29 is 13.2 Å². The molecule has 112 valence electrons. The van der Waals surface area contributed by atoms with Crippen LogP contribution in [0.2, 0.25) is 0 Å². The van der Waals surface area contributed by atoms with Gasteiger partial charge in [0.15, 0.2) is 0 Å². The van der Waals surface area contributed by atoms with Gasteiger partial charge in [0.25, 0.3) is 0 Å². The van der Waals surface area contributed by atoms with E-state index in [9.17, 15) is 13.2 Å². The molecule has 1 aromatic carbocycles. The number of aryl methyl sites for hydroxylation is 1. The van der Waals surface area contributed by atoms with Crippen LogP contribution in [-0.4, -0.2) is 12.2 Å². The zero-order valence-corrected chi connectivity index (χ0v) is 13.0. The van der Waals surface area contributed by atoms with Crippen LogP contribution in [-0.2, 0) is 6.54 Å². The lowest BCUT2D eigenvalue weighted by Gasteiger charge is -2.30. The van der Waals surface area contributed by atoms with Crippen molar-refractivity contribution >= 4 is 15.9 Å². The first kappa shape index (κ1) is 15.8. The molecule has 1 aromatic rings. The van der Waals surface area contributed by atoms with Crippen LogP contribution in [0.3, 0.4) is 0 Å². The van der Waals surface area contributed by atoms with E-state index in [2.05, 4.69) is 27.3 Å². The van der Waals surface area contributed by atoms with Crippen molar-refractivity contribution in [3.8, 4) is 0 Å². The molecule has 1 fully saturated rings. The molecule has 0 amide bonds. The first-order chi connectivity index (χ1) is 9.36. The largest absolute Gasteiger partial charge is 0.391 e. The summed E-state index contributed by atoms with van der Waals surface area (Å²) in [6, 6.07) is 6.34. The summed E-state index contributed by atoms with van der Waals surface area (Å²) in [5.74, 6) is -1.10. The Kier molecular flexibility index (Phi) is 5.13. The van der Waals surface area contributed by atoms with Gasteiger partial charge in [0, 0.05) is 17.1 Å². The Bertz CT molecular complexity index is 451. The van der Waals surface area contributed by atoms with Crippen LogP contribution in [0.5, 0.6) is 0 Å². The lowest BCUT2D eigenvalue weighted by molar-refractivity contribution is -0.182. The number of rotatable bonds is 3. The molecule has 2 rings (SSSR count). The molecule has 0 atom stereocenters. The fourth-order valence-corrected chi connectivity index (χ4v) is 2.95. The standard InChI is InChI=1S/C15H19BrF3N/c1-10-8-11(2-7-14(10)16)9-20-13-5-3-12(4-6-13)15(17,18)19/h2,7-8,12-13,20H,3-6,9H2,1H3. The Hall–Kier alpha value is -0.550. The summed E-state index contributed by atoms with van der Waals surface area (Å²) in [4.78, 5) is 0. The van der Waals surface area contributed by atoms with Gasteiger partial charge in [-0.1, -0.05) is 28.1 Å². The predicted octanol–water partition coefficient (Wildman–Crippen LogP) is 4.97. The van der Waals surface area contributed by atoms with Crippen LogP contribution >= 0.6 is 15.9 Å². The number of hydrogen-bond donors (Lipinski definition) is 1. The minimum absolute atomic E-state index is 0.206. The maximum absolute atomic E-state index is 12.6. The number of nitrogens with one attached hydrogen (secondary N) is 1. The quantitative estimate of drug-likeness (QED) is 0.812. The number of halogens is 4. The topological polar surface area (TPSA) is 12.0 Å². The van der Waals surface area contributed by atoms with Crippen molar-refractivity contribution in [2.75, 3.05) is 0 Å². The summed E-state index contributed by atoms with van der Waals surface area (Å²) in [6.45, 7) is 2.75. The highest BCUT2D eigenvalue weighted by molar-refractivity contribution is 9.10. The average Bonchev–Trinajstić information content (AvgIpc) is 2.40. The Morgan fingerprint density at radius 3 is 2.40 bits per heavy atom. The SMILES string of the molecule is Cc1cc(CNC2CCC(C(F)(F)F)CC2)ccc1Br. The van der Waals surface area contributed by atoms with Gasteiger partial charge in [-0.2, -0.15) is 13.2 Å². The average molecular weight is 350 g/mol. The summed E-state index contributed by atoms with van der Waals surface area (Å²) in [5.41, 5.74) is 2.34. The molecule has 0 bridgehead atoms. The lowest BCUT2D eigenvalue weighted by Crippen LogP contribution is -2.36. The molecule has 1 N–H and O–H groups in total. The molecule has 0 spiro atoms. The molecule has 0 aromatic heterocycles. The number of benzene rings is 1. The van der Waals surface area contributed by atoms with Gasteiger partial charge in [0.1, 0.15) is 0 Å². The Labute approximate surface area is 126 Å². The maximum atomic E-state index is 12.6. The second kappa shape index (κ2) is 6.48. The van der Waals surface area contributed by atoms with Crippen LogP contribution in [0.25, 0.3) is 0 Å². The van der Waals surface area contributed by atoms with Crippen molar-refractivity contribution in [2.45, 2.75) is 51.4 Å². The highest BCUT2D eigenvalue weighted by Crippen LogP contribution is 2.37. The van der Waals surface area contributed by atoms with Gasteiger partial charge in [-0.3, -0.25) is 0 Å². The number of hydrogen-bond acceptors (Lipinski definition) is 1. The van der Waals surface area contributed by atoms with E-state index < -0.39 is 12.1 Å². The third kappa shape index (κ3) is 4.22. The van der Waals surface area contributed by atoms with E-state index in [1.54, 1.807) is 0 Å². The van der Waals surface area contributed by atoms with Gasteiger partial charge in [-0.15, -0.1) is 0 Å². The summed E-state index contributed by atoms with van der Waals surface area (Å²) >= 11 is 3.46. The minimum atomic E-state index is -4.02. The summed E-state index contributed by atoms with van der Waals surface area (Å²) in [5, 5.41) is 3.37. The second-order valence-corrected chi connectivity index (χ2v) is 6.41. The smallest absolute Gasteiger partial charge is 0.310 e. The van der Waals surface area contributed by atoms with Crippen molar-refractivity contribution in [3.05, 3.63) is 33.8 Å². The van der Waals surface area contributed by atoms with E-state index in [0.717, 1.165) is 11.0 Å². The molecule has 0 aliphatic heterocycles. The summed E-state index contributed by atoms with van der Waals surface area (Å²) in [7, 11) is 0. The molecule has 1 aliphatic carbocycles. The Balaban J connectivity index is 1.80. The van der Waals surface area contributed by atoms with E-state index in [1.807, 2.05) is 19.1 Å². The van der Waals surface area contributed by atoms with E-state index in [1.165, 1.54) is 11.1 Å². The van der Waals surface area contributed by atoms with Gasteiger partial charge in [-0.25, -0.2) is 0 Å². The van der Waals surface area contributed by atoms with Gasteiger partial charge in [0.2, 0.25) is 0 Å². The number of alkyl halides is 3.